The fourth-order valence-electron chi connectivity index (χ4n) is 2.50. The molecule has 28 heavy (non-hydrogen) atoms. The number of methoxy groups -OCH3 is 1. The lowest BCUT2D eigenvalue weighted by Crippen LogP contribution is -2.15. The topological polar surface area (TPSA) is 66.9 Å². The molecule has 6 nitrogen and oxygen atoms in total. The van der Waals surface area contributed by atoms with Crippen molar-refractivity contribution in [3.8, 4) is 27.8 Å². The van der Waals surface area contributed by atoms with Crippen LogP contribution in [-0.4, -0.2) is 31.3 Å². The molecule has 1 aromatic heterocycles. The number of para-hydroxylation sites is 3. The van der Waals surface area contributed by atoms with Gasteiger partial charge in [-0.25, -0.2) is 9.78 Å². The fraction of sp³-hybridized carbons (Fsp3) is 0.238. The van der Waals surface area contributed by atoms with Crippen LogP contribution in [0.5, 0.6) is 17.2 Å². The van der Waals surface area contributed by atoms with Gasteiger partial charge in [0.1, 0.15) is 17.4 Å². The molecule has 0 amide bonds. The van der Waals surface area contributed by atoms with Gasteiger partial charge in [-0.1, -0.05) is 24.3 Å². The van der Waals surface area contributed by atoms with Crippen molar-refractivity contribution in [3.63, 3.8) is 0 Å². The third-order valence-corrected chi connectivity index (χ3v) is 4.69. The Morgan fingerprint density at radius 2 is 1.68 bits per heavy atom. The summed E-state index contributed by atoms with van der Waals surface area (Å²) in [4.78, 5) is 16.5. The zero-order valence-corrected chi connectivity index (χ0v) is 16.5. The molecule has 0 aliphatic rings. The summed E-state index contributed by atoms with van der Waals surface area (Å²) in [7, 11) is 1.62. The number of aromatic nitrogens is 1. The molecule has 3 rings (SSSR count). The number of hydrogen-bond donors (Lipinski definition) is 0. The van der Waals surface area contributed by atoms with Crippen LogP contribution in [0.25, 0.3) is 10.6 Å². The Hall–Kier alpha value is -3.06. The van der Waals surface area contributed by atoms with Crippen LogP contribution >= 0.6 is 11.3 Å². The maximum atomic E-state index is 12.0. The number of carbonyl (C=O) groups excluding carboxylic acids is 1. The smallest absolute Gasteiger partial charge is 0.344 e. The zero-order valence-electron chi connectivity index (χ0n) is 15.7. The number of carbonyl (C=O) groups is 1. The monoisotopic (exact) mass is 399 g/mol. The molecule has 3 aromatic rings. The van der Waals surface area contributed by atoms with Crippen molar-refractivity contribution in [2.75, 3.05) is 20.3 Å². The molecule has 146 valence electrons. The Bertz CT molecular complexity index is 924. The number of rotatable bonds is 9. The van der Waals surface area contributed by atoms with Gasteiger partial charge in [0.25, 0.3) is 0 Å². The maximum absolute atomic E-state index is 12.0. The average Bonchev–Trinajstić information content (AvgIpc) is 3.20. The van der Waals surface area contributed by atoms with Crippen molar-refractivity contribution < 1.29 is 23.7 Å². The molecule has 0 aliphatic carbocycles. The summed E-state index contributed by atoms with van der Waals surface area (Å²) in [6, 6.07) is 14.9. The van der Waals surface area contributed by atoms with Crippen molar-refractivity contribution in [2.45, 2.75) is 13.5 Å². The number of benzene rings is 2. The van der Waals surface area contributed by atoms with E-state index in [2.05, 4.69) is 4.98 Å². The molecular formula is C21H21NO5S. The van der Waals surface area contributed by atoms with Gasteiger partial charge in [0.15, 0.2) is 18.1 Å². The number of esters is 1. The molecule has 0 saturated heterocycles. The highest BCUT2D eigenvalue weighted by Gasteiger charge is 2.12. The van der Waals surface area contributed by atoms with Crippen LogP contribution in [0, 0.1) is 0 Å². The molecule has 0 bridgehead atoms. The van der Waals surface area contributed by atoms with Gasteiger partial charge in [-0.05, 0) is 31.2 Å². The molecule has 0 spiro atoms. The number of hydrogen-bond acceptors (Lipinski definition) is 7. The second kappa shape index (κ2) is 9.75. The van der Waals surface area contributed by atoms with E-state index in [1.165, 1.54) is 11.3 Å². The molecule has 0 saturated carbocycles. The third kappa shape index (κ3) is 5.01. The van der Waals surface area contributed by atoms with E-state index in [-0.39, 0.29) is 13.2 Å². The molecule has 2 aromatic carbocycles. The van der Waals surface area contributed by atoms with Crippen molar-refractivity contribution in [1.82, 2.24) is 4.98 Å². The summed E-state index contributed by atoms with van der Waals surface area (Å²) < 4.78 is 21.6. The Balaban J connectivity index is 1.54. The van der Waals surface area contributed by atoms with Crippen molar-refractivity contribution in [2.24, 2.45) is 0 Å². The van der Waals surface area contributed by atoms with Gasteiger partial charge in [0.05, 0.1) is 25.0 Å². The van der Waals surface area contributed by atoms with E-state index in [9.17, 15) is 4.79 Å². The molecule has 0 radical (unpaired) electrons. The average molecular weight is 399 g/mol. The molecule has 0 atom stereocenters. The van der Waals surface area contributed by atoms with Gasteiger partial charge < -0.3 is 18.9 Å². The van der Waals surface area contributed by atoms with E-state index >= 15 is 0 Å². The first kappa shape index (κ1) is 19.7. The van der Waals surface area contributed by atoms with E-state index in [0.29, 0.717) is 23.8 Å². The molecule has 1 heterocycles. The largest absolute Gasteiger partial charge is 0.496 e. The summed E-state index contributed by atoms with van der Waals surface area (Å²) in [5.41, 5.74) is 1.58. The number of nitrogens with zero attached hydrogens (tertiary/aromatic N) is 1. The summed E-state index contributed by atoms with van der Waals surface area (Å²) in [6.07, 6.45) is 0. The predicted octanol–water partition coefficient (Wildman–Crippen LogP) is 4.34. The summed E-state index contributed by atoms with van der Waals surface area (Å²) in [5, 5.41) is 2.67. The highest BCUT2D eigenvalue weighted by atomic mass is 32.1. The highest BCUT2D eigenvalue weighted by Crippen LogP contribution is 2.32. The van der Waals surface area contributed by atoms with Gasteiger partial charge in [0, 0.05) is 5.38 Å². The first-order chi connectivity index (χ1) is 13.7. The Labute approximate surface area is 167 Å². The molecule has 7 heteroatoms. The van der Waals surface area contributed by atoms with Crippen molar-refractivity contribution >= 4 is 17.3 Å². The van der Waals surface area contributed by atoms with E-state index in [1.54, 1.807) is 19.2 Å². The normalized spacial score (nSPS) is 10.4. The number of ether oxygens (including phenoxy) is 4. The van der Waals surface area contributed by atoms with Crippen LogP contribution in [0.15, 0.2) is 53.9 Å². The van der Waals surface area contributed by atoms with E-state index in [0.717, 1.165) is 16.3 Å². The minimum atomic E-state index is -0.474. The quantitative estimate of drug-likeness (QED) is 0.499. The van der Waals surface area contributed by atoms with Crippen molar-refractivity contribution in [3.05, 3.63) is 59.6 Å². The summed E-state index contributed by atoms with van der Waals surface area (Å²) in [5.74, 6) is 1.38. The first-order valence-corrected chi connectivity index (χ1v) is 9.67. The van der Waals surface area contributed by atoms with Crippen LogP contribution in [0.4, 0.5) is 0 Å². The highest BCUT2D eigenvalue weighted by molar-refractivity contribution is 7.13. The fourth-order valence-corrected chi connectivity index (χ4v) is 3.33. The third-order valence-electron chi connectivity index (χ3n) is 3.76. The molecular weight excluding hydrogens is 378 g/mol. The first-order valence-electron chi connectivity index (χ1n) is 8.79. The van der Waals surface area contributed by atoms with Gasteiger partial charge in [-0.2, -0.15) is 0 Å². The Kier molecular flexibility index (Phi) is 6.86. The van der Waals surface area contributed by atoms with E-state index in [1.807, 2.05) is 48.7 Å². The van der Waals surface area contributed by atoms with Gasteiger partial charge in [-0.3, -0.25) is 0 Å². The van der Waals surface area contributed by atoms with Gasteiger partial charge >= 0.3 is 5.97 Å². The van der Waals surface area contributed by atoms with Crippen LogP contribution in [0.3, 0.4) is 0 Å². The van der Waals surface area contributed by atoms with Crippen LogP contribution < -0.4 is 14.2 Å². The van der Waals surface area contributed by atoms with Crippen molar-refractivity contribution in [1.29, 1.82) is 0 Å². The molecule has 0 unspecified atom stereocenters. The van der Waals surface area contributed by atoms with Crippen LogP contribution in [0.2, 0.25) is 0 Å². The molecule has 0 N–H and O–H groups in total. The van der Waals surface area contributed by atoms with Gasteiger partial charge in [-0.15, -0.1) is 11.3 Å². The molecule has 0 aliphatic heterocycles. The summed E-state index contributed by atoms with van der Waals surface area (Å²) >= 11 is 1.47. The van der Waals surface area contributed by atoms with Crippen LogP contribution in [0.1, 0.15) is 12.6 Å². The van der Waals surface area contributed by atoms with Gasteiger partial charge in [0.2, 0.25) is 0 Å². The minimum Gasteiger partial charge on any atom is -0.496 e. The predicted molar refractivity (Wildman–Crippen MR) is 107 cm³/mol. The SMILES string of the molecule is CCOc1ccccc1OCC(=O)OCc1csc(-c2ccccc2OC)n1. The second-order valence-corrected chi connectivity index (χ2v) is 6.53. The van der Waals surface area contributed by atoms with Crippen LogP contribution in [-0.2, 0) is 16.1 Å². The van der Waals surface area contributed by atoms with E-state index < -0.39 is 5.97 Å². The molecule has 0 fully saturated rings. The zero-order chi connectivity index (χ0) is 19.8. The second-order valence-electron chi connectivity index (χ2n) is 5.67. The summed E-state index contributed by atoms with van der Waals surface area (Å²) in [6.45, 7) is 2.29. The number of thiazole rings is 1. The lowest BCUT2D eigenvalue weighted by Gasteiger charge is -2.11. The Morgan fingerprint density at radius 1 is 1.00 bits per heavy atom. The lowest BCUT2D eigenvalue weighted by atomic mass is 10.2. The minimum absolute atomic E-state index is 0.0843. The lowest BCUT2D eigenvalue weighted by molar-refractivity contribution is -0.147. The maximum Gasteiger partial charge on any atom is 0.344 e. The standard InChI is InChI=1S/C21H21NO5S/c1-3-25-18-10-6-7-11-19(18)26-13-20(23)27-12-15-14-28-21(22-15)16-8-4-5-9-17(16)24-2/h4-11,14H,3,12-13H2,1-2H3. The van der Waals surface area contributed by atoms with E-state index in [4.69, 9.17) is 18.9 Å². The Morgan fingerprint density at radius 3 is 2.39 bits per heavy atom.